The summed E-state index contributed by atoms with van der Waals surface area (Å²) in [7, 11) is 3.19. The van der Waals surface area contributed by atoms with Gasteiger partial charge in [0, 0.05) is 36.4 Å². The first-order valence-corrected chi connectivity index (χ1v) is 9.14. The van der Waals surface area contributed by atoms with Crippen molar-refractivity contribution < 1.29 is 14.2 Å². The Balaban J connectivity index is 1.71. The Hall–Kier alpha value is -1.82. The molecule has 2 aromatic rings. The summed E-state index contributed by atoms with van der Waals surface area (Å²) in [6.07, 6.45) is 0. The van der Waals surface area contributed by atoms with E-state index in [1.165, 1.54) is 0 Å². The Kier molecular flexibility index (Phi) is 6.35. The van der Waals surface area contributed by atoms with Crippen molar-refractivity contribution >= 4 is 34.6 Å². The molecule has 1 aliphatic heterocycles. The van der Waals surface area contributed by atoms with Crippen molar-refractivity contribution in [1.29, 1.82) is 0 Å². The molecule has 0 spiro atoms. The van der Waals surface area contributed by atoms with Gasteiger partial charge in [-0.1, -0.05) is 23.2 Å². The van der Waals surface area contributed by atoms with Crippen molar-refractivity contribution in [2.45, 2.75) is 6.54 Å². The number of nitrogens with zero attached hydrogens (tertiary/aromatic N) is 1. The van der Waals surface area contributed by atoms with Crippen molar-refractivity contribution in [1.82, 2.24) is 0 Å². The number of rotatable bonds is 6. The lowest BCUT2D eigenvalue weighted by molar-refractivity contribution is 0.122. The number of benzene rings is 2. The first-order valence-electron chi connectivity index (χ1n) is 8.39. The molecule has 0 atom stereocenters. The SMILES string of the molecule is COc1cc(Cl)c(CNc2ccc(N3CCOCC3)c(Cl)c2)cc1OC. The predicted molar refractivity (Wildman–Crippen MR) is 106 cm³/mol. The van der Waals surface area contributed by atoms with Crippen molar-refractivity contribution in [3.8, 4) is 11.5 Å². The van der Waals surface area contributed by atoms with Gasteiger partial charge in [-0.3, -0.25) is 0 Å². The maximum absolute atomic E-state index is 6.48. The molecular formula is C19H22Cl2N2O3. The van der Waals surface area contributed by atoms with Gasteiger partial charge in [0.25, 0.3) is 0 Å². The smallest absolute Gasteiger partial charge is 0.162 e. The van der Waals surface area contributed by atoms with E-state index in [0.29, 0.717) is 23.1 Å². The van der Waals surface area contributed by atoms with E-state index in [1.807, 2.05) is 24.3 Å². The van der Waals surface area contributed by atoms with Crippen LogP contribution >= 0.6 is 23.2 Å². The molecule has 1 fully saturated rings. The topological polar surface area (TPSA) is 43.0 Å². The van der Waals surface area contributed by atoms with E-state index < -0.39 is 0 Å². The molecular weight excluding hydrogens is 375 g/mol. The van der Waals surface area contributed by atoms with Crippen molar-refractivity contribution in [2.24, 2.45) is 0 Å². The van der Waals surface area contributed by atoms with Gasteiger partial charge in [-0.05, 0) is 29.8 Å². The zero-order chi connectivity index (χ0) is 18.5. The minimum absolute atomic E-state index is 0.548. The fraction of sp³-hybridized carbons (Fsp3) is 0.368. The molecule has 0 aromatic heterocycles. The average molecular weight is 397 g/mol. The highest BCUT2D eigenvalue weighted by Crippen LogP contribution is 2.34. The normalized spacial score (nSPS) is 14.2. The molecule has 5 nitrogen and oxygen atoms in total. The minimum Gasteiger partial charge on any atom is -0.493 e. The number of anilines is 2. The molecule has 0 aliphatic carbocycles. The van der Waals surface area contributed by atoms with Gasteiger partial charge >= 0.3 is 0 Å². The molecule has 1 aliphatic rings. The average Bonchev–Trinajstić information content (AvgIpc) is 2.67. The van der Waals surface area contributed by atoms with Crippen LogP contribution in [0.2, 0.25) is 10.0 Å². The number of morpholine rings is 1. The Morgan fingerprint density at radius 2 is 1.69 bits per heavy atom. The second-order valence-corrected chi connectivity index (χ2v) is 6.73. The number of halogens is 2. The highest BCUT2D eigenvalue weighted by molar-refractivity contribution is 6.33. The van der Waals surface area contributed by atoms with Gasteiger partial charge in [0.2, 0.25) is 0 Å². The van der Waals surface area contributed by atoms with Crippen LogP contribution in [0.15, 0.2) is 30.3 Å². The van der Waals surface area contributed by atoms with Crippen LogP contribution in [0.5, 0.6) is 11.5 Å². The molecule has 0 saturated carbocycles. The van der Waals surface area contributed by atoms with Crippen molar-refractivity contribution in [3.63, 3.8) is 0 Å². The molecule has 1 N–H and O–H groups in total. The van der Waals surface area contributed by atoms with Gasteiger partial charge < -0.3 is 24.4 Å². The number of nitrogens with one attached hydrogen (secondary N) is 1. The van der Waals surface area contributed by atoms with E-state index in [-0.39, 0.29) is 0 Å². The number of ether oxygens (including phenoxy) is 3. The standard InChI is InChI=1S/C19H22Cl2N2O3/c1-24-18-9-13(15(20)11-19(18)25-2)12-22-14-3-4-17(16(21)10-14)23-5-7-26-8-6-23/h3-4,9-11,22H,5-8,12H2,1-2H3. The molecule has 140 valence electrons. The fourth-order valence-corrected chi connectivity index (χ4v) is 3.43. The van der Waals surface area contributed by atoms with E-state index in [1.54, 1.807) is 20.3 Å². The Morgan fingerprint density at radius 3 is 2.35 bits per heavy atom. The molecule has 0 bridgehead atoms. The highest BCUT2D eigenvalue weighted by atomic mass is 35.5. The van der Waals surface area contributed by atoms with Gasteiger partial charge in [0.1, 0.15) is 0 Å². The molecule has 0 unspecified atom stereocenters. The number of hydrogen-bond acceptors (Lipinski definition) is 5. The fourth-order valence-electron chi connectivity index (χ4n) is 2.91. The molecule has 2 aromatic carbocycles. The molecule has 26 heavy (non-hydrogen) atoms. The van der Waals surface area contributed by atoms with Crippen LogP contribution in [0.1, 0.15) is 5.56 Å². The zero-order valence-electron chi connectivity index (χ0n) is 14.9. The maximum atomic E-state index is 6.48. The lowest BCUT2D eigenvalue weighted by Gasteiger charge is -2.29. The Morgan fingerprint density at radius 1 is 1.00 bits per heavy atom. The van der Waals surface area contributed by atoms with E-state index in [9.17, 15) is 0 Å². The second-order valence-electron chi connectivity index (χ2n) is 5.92. The molecule has 7 heteroatoms. The monoisotopic (exact) mass is 396 g/mol. The second kappa shape index (κ2) is 8.71. The van der Waals surface area contributed by atoms with Crippen LogP contribution in [-0.2, 0) is 11.3 Å². The first kappa shape index (κ1) is 19.0. The van der Waals surface area contributed by atoms with E-state index in [4.69, 9.17) is 37.4 Å². The summed E-state index contributed by atoms with van der Waals surface area (Å²) >= 11 is 12.8. The van der Waals surface area contributed by atoms with E-state index in [0.717, 1.165) is 48.3 Å². The van der Waals surface area contributed by atoms with Crippen LogP contribution in [0.4, 0.5) is 11.4 Å². The quantitative estimate of drug-likeness (QED) is 0.780. The number of methoxy groups -OCH3 is 2. The van der Waals surface area contributed by atoms with Gasteiger partial charge in [0.05, 0.1) is 38.1 Å². The van der Waals surface area contributed by atoms with Crippen LogP contribution in [0, 0.1) is 0 Å². The zero-order valence-corrected chi connectivity index (χ0v) is 16.4. The minimum atomic E-state index is 0.548. The summed E-state index contributed by atoms with van der Waals surface area (Å²) in [5, 5.41) is 4.69. The summed E-state index contributed by atoms with van der Waals surface area (Å²) in [6, 6.07) is 9.61. The summed E-state index contributed by atoms with van der Waals surface area (Å²) < 4.78 is 16.0. The molecule has 1 saturated heterocycles. The van der Waals surface area contributed by atoms with Crippen LogP contribution in [-0.4, -0.2) is 40.5 Å². The largest absolute Gasteiger partial charge is 0.493 e. The predicted octanol–water partition coefficient (Wildman–Crippen LogP) is 4.46. The van der Waals surface area contributed by atoms with Crippen LogP contribution < -0.4 is 19.7 Å². The number of hydrogen-bond donors (Lipinski definition) is 1. The lowest BCUT2D eigenvalue weighted by atomic mass is 10.2. The summed E-state index contributed by atoms with van der Waals surface area (Å²) in [6.45, 7) is 3.72. The molecule has 1 heterocycles. The third kappa shape index (κ3) is 4.29. The van der Waals surface area contributed by atoms with Crippen molar-refractivity contribution in [2.75, 3.05) is 50.7 Å². The maximum Gasteiger partial charge on any atom is 0.162 e. The molecule has 0 amide bonds. The van der Waals surface area contributed by atoms with Crippen molar-refractivity contribution in [3.05, 3.63) is 45.9 Å². The van der Waals surface area contributed by atoms with E-state index >= 15 is 0 Å². The molecule has 3 rings (SSSR count). The lowest BCUT2D eigenvalue weighted by Crippen LogP contribution is -2.36. The highest BCUT2D eigenvalue weighted by Gasteiger charge is 2.15. The van der Waals surface area contributed by atoms with Crippen LogP contribution in [0.25, 0.3) is 0 Å². The molecule has 0 radical (unpaired) electrons. The van der Waals surface area contributed by atoms with Crippen LogP contribution in [0.3, 0.4) is 0 Å². The first-order chi connectivity index (χ1) is 12.6. The van der Waals surface area contributed by atoms with Gasteiger partial charge in [0.15, 0.2) is 11.5 Å². The summed E-state index contributed by atoms with van der Waals surface area (Å²) in [5.74, 6) is 1.26. The third-order valence-corrected chi connectivity index (χ3v) is 4.99. The summed E-state index contributed by atoms with van der Waals surface area (Å²) in [5.41, 5.74) is 2.88. The van der Waals surface area contributed by atoms with Gasteiger partial charge in [-0.25, -0.2) is 0 Å². The Labute approximate surface area is 163 Å². The summed E-state index contributed by atoms with van der Waals surface area (Å²) in [4.78, 5) is 2.24. The van der Waals surface area contributed by atoms with Gasteiger partial charge in [-0.15, -0.1) is 0 Å². The van der Waals surface area contributed by atoms with Gasteiger partial charge in [-0.2, -0.15) is 0 Å². The third-order valence-electron chi connectivity index (χ3n) is 4.34. The Bertz CT molecular complexity index is 765. The van der Waals surface area contributed by atoms with E-state index in [2.05, 4.69) is 10.2 Å².